The molecule has 0 saturated heterocycles. The van der Waals surface area contributed by atoms with Gasteiger partial charge in [-0.1, -0.05) is 24.3 Å². The molecule has 0 aliphatic rings. The first kappa shape index (κ1) is 14.1. The van der Waals surface area contributed by atoms with Crippen molar-refractivity contribution >= 4 is 5.97 Å². The standard InChI is InChI=1S/C17H18O3/c1-11-4-5-12(2)17(13(11)3)20-15-8-6-14(7-9-15)10-16(18)19/h4-9H,10H2,1-3H3,(H,18,19). The highest BCUT2D eigenvalue weighted by molar-refractivity contribution is 5.70. The summed E-state index contributed by atoms with van der Waals surface area (Å²) in [6, 6.07) is 11.3. The molecule has 0 amide bonds. The van der Waals surface area contributed by atoms with Gasteiger partial charge in [0.1, 0.15) is 11.5 Å². The maximum Gasteiger partial charge on any atom is 0.307 e. The lowest BCUT2D eigenvalue weighted by atomic mass is 10.1. The maximum atomic E-state index is 10.6. The number of carbonyl (C=O) groups is 1. The van der Waals surface area contributed by atoms with E-state index in [1.165, 1.54) is 5.56 Å². The summed E-state index contributed by atoms with van der Waals surface area (Å²) in [5, 5.41) is 8.74. The minimum absolute atomic E-state index is 0.0305. The summed E-state index contributed by atoms with van der Waals surface area (Å²) in [6.07, 6.45) is 0.0305. The molecule has 2 aromatic carbocycles. The van der Waals surface area contributed by atoms with E-state index in [-0.39, 0.29) is 6.42 Å². The Bertz CT molecular complexity index is 627. The molecule has 2 rings (SSSR count). The summed E-state index contributed by atoms with van der Waals surface area (Å²) in [5.41, 5.74) is 4.16. The Morgan fingerprint density at radius 3 is 2.20 bits per heavy atom. The summed E-state index contributed by atoms with van der Waals surface area (Å²) in [6.45, 7) is 6.11. The van der Waals surface area contributed by atoms with E-state index in [1.54, 1.807) is 24.3 Å². The zero-order valence-corrected chi connectivity index (χ0v) is 11.9. The van der Waals surface area contributed by atoms with Gasteiger partial charge in [0.05, 0.1) is 6.42 Å². The van der Waals surface area contributed by atoms with Crippen molar-refractivity contribution < 1.29 is 14.6 Å². The Kier molecular flexibility index (Phi) is 4.08. The molecule has 2 aromatic rings. The first-order chi connectivity index (χ1) is 9.47. The highest BCUT2D eigenvalue weighted by Crippen LogP contribution is 2.30. The van der Waals surface area contributed by atoms with Gasteiger partial charge in [0, 0.05) is 0 Å². The van der Waals surface area contributed by atoms with Crippen molar-refractivity contribution in [3.63, 3.8) is 0 Å². The molecule has 0 fully saturated rings. The third-order valence-corrected chi connectivity index (χ3v) is 3.37. The van der Waals surface area contributed by atoms with Crippen molar-refractivity contribution in [2.24, 2.45) is 0 Å². The third kappa shape index (κ3) is 3.18. The number of ether oxygens (including phenoxy) is 1. The molecule has 0 spiro atoms. The van der Waals surface area contributed by atoms with Gasteiger partial charge >= 0.3 is 5.97 Å². The van der Waals surface area contributed by atoms with Crippen LogP contribution in [0.25, 0.3) is 0 Å². The zero-order valence-electron chi connectivity index (χ0n) is 11.9. The molecule has 0 unspecified atom stereocenters. The molecule has 3 nitrogen and oxygen atoms in total. The molecule has 20 heavy (non-hydrogen) atoms. The number of hydrogen-bond acceptors (Lipinski definition) is 2. The second-order valence-corrected chi connectivity index (χ2v) is 4.97. The molecule has 1 N–H and O–H groups in total. The van der Waals surface area contributed by atoms with E-state index < -0.39 is 5.97 Å². The molecule has 3 heteroatoms. The second kappa shape index (κ2) is 5.78. The molecule has 0 heterocycles. The SMILES string of the molecule is Cc1ccc(C)c(Oc2ccc(CC(=O)O)cc2)c1C. The van der Waals surface area contributed by atoms with Crippen LogP contribution < -0.4 is 4.74 Å². The van der Waals surface area contributed by atoms with Crippen LogP contribution in [0.1, 0.15) is 22.3 Å². The summed E-state index contributed by atoms with van der Waals surface area (Å²) in [7, 11) is 0. The lowest BCUT2D eigenvalue weighted by molar-refractivity contribution is -0.136. The number of carboxylic acids is 1. The Morgan fingerprint density at radius 1 is 1.00 bits per heavy atom. The van der Waals surface area contributed by atoms with Gasteiger partial charge < -0.3 is 9.84 Å². The Hall–Kier alpha value is -2.29. The molecule has 0 aliphatic heterocycles. The van der Waals surface area contributed by atoms with Crippen LogP contribution in [0.3, 0.4) is 0 Å². The van der Waals surface area contributed by atoms with Crippen molar-refractivity contribution in [2.75, 3.05) is 0 Å². The van der Waals surface area contributed by atoms with Crippen LogP contribution in [0.15, 0.2) is 36.4 Å². The van der Waals surface area contributed by atoms with E-state index in [0.29, 0.717) is 0 Å². The van der Waals surface area contributed by atoms with Crippen molar-refractivity contribution in [2.45, 2.75) is 27.2 Å². The van der Waals surface area contributed by atoms with Crippen LogP contribution in [-0.4, -0.2) is 11.1 Å². The fraction of sp³-hybridized carbons (Fsp3) is 0.235. The Labute approximate surface area is 118 Å². The van der Waals surface area contributed by atoms with E-state index in [0.717, 1.165) is 28.2 Å². The average Bonchev–Trinajstić information content (AvgIpc) is 2.40. The largest absolute Gasteiger partial charge is 0.481 e. The van der Waals surface area contributed by atoms with Gasteiger partial charge in [-0.05, 0) is 55.2 Å². The molecule has 0 bridgehead atoms. The Morgan fingerprint density at radius 2 is 1.60 bits per heavy atom. The fourth-order valence-electron chi connectivity index (χ4n) is 2.05. The van der Waals surface area contributed by atoms with E-state index in [9.17, 15) is 4.79 Å². The number of carboxylic acid groups (broad SMARTS) is 1. The lowest BCUT2D eigenvalue weighted by Gasteiger charge is -2.13. The summed E-state index contributed by atoms with van der Waals surface area (Å²) < 4.78 is 5.93. The van der Waals surface area contributed by atoms with Crippen molar-refractivity contribution in [3.8, 4) is 11.5 Å². The fourth-order valence-corrected chi connectivity index (χ4v) is 2.05. The van der Waals surface area contributed by atoms with E-state index >= 15 is 0 Å². The molecule has 0 atom stereocenters. The molecule has 104 valence electrons. The predicted octanol–water partition coefficient (Wildman–Crippen LogP) is 4.03. The number of benzene rings is 2. The highest BCUT2D eigenvalue weighted by atomic mass is 16.5. The molecule has 0 saturated carbocycles. The first-order valence-corrected chi connectivity index (χ1v) is 6.53. The lowest BCUT2D eigenvalue weighted by Crippen LogP contribution is -1.99. The van der Waals surface area contributed by atoms with Gasteiger partial charge in [-0.15, -0.1) is 0 Å². The molecule has 0 aliphatic carbocycles. The Balaban J connectivity index is 2.22. The van der Waals surface area contributed by atoms with E-state index in [2.05, 4.69) is 13.0 Å². The average molecular weight is 270 g/mol. The van der Waals surface area contributed by atoms with Crippen LogP contribution in [0.4, 0.5) is 0 Å². The summed E-state index contributed by atoms with van der Waals surface area (Å²) in [5.74, 6) is 0.760. The van der Waals surface area contributed by atoms with E-state index in [4.69, 9.17) is 9.84 Å². The maximum absolute atomic E-state index is 10.6. The van der Waals surface area contributed by atoms with Crippen LogP contribution in [0.2, 0.25) is 0 Å². The summed E-state index contributed by atoms with van der Waals surface area (Å²) >= 11 is 0. The highest BCUT2D eigenvalue weighted by Gasteiger charge is 2.08. The molecular weight excluding hydrogens is 252 g/mol. The normalized spacial score (nSPS) is 10.3. The van der Waals surface area contributed by atoms with Crippen LogP contribution in [-0.2, 0) is 11.2 Å². The number of aliphatic carboxylic acids is 1. The van der Waals surface area contributed by atoms with E-state index in [1.807, 2.05) is 19.9 Å². The number of hydrogen-bond donors (Lipinski definition) is 1. The monoisotopic (exact) mass is 270 g/mol. The van der Waals surface area contributed by atoms with Gasteiger partial charge in [0.15, 0.2) is 0 Å². The summed E-state index contributed by atoms with van der Waals surface area (Å²) in [4.78, 5) is 10.6. The van der Waals surface area contributed by atoms with Gasteiger partial charge in [-0.2, -0.15) is 0 Å². The van der Waals surface area contributed by atoms with Gasteiger partial charge in [0.2, 0.25) is 0 Å². The molecule has 0 aromatic heterocycles. The van der Waals surface area contributed by atoms with Gasteiger partial charge in [-0.25, -0.2) is 0 Å². The van der Waals surface area contributed by atoms with Crippen LogP contribution in [0.5, 0.6) is 11.5 Å². The quantitative estimate of drug-likeness (QED) is 0.912. The van der Waals surface area contributed by atoms with Crippen molar-refractivity contribution in [3.05, 3.63) is 58.7 Å². The molecule has 0 radical (unpaired) electrons. The van der Waals surface area contributed by atoms with Crippen molar-refractivity contribution in [1.82, 2.24) is 0 Å². The van der Waals surface area contributed by atoms with Gasteiger partial charge in [-0.3, -0.25) is 4.79 Å². The minimum Gasteiger partial charge on any atom is -0.481 e. The second-order valence-electron chi connectivity index (χ2n) is 4.97. The first-order valence-electron chi connectivity index (χ1n) is 6.53. The topological polar surface area (TPSA) is 46.5 Å². The predicted molar refractivity (Wildman–Crippen MR) is 78.5 cm³/mol. The number of aryl methyl sites for hydroxylation is 2. The number of rotatable bonds is 4. The van der Waals surface area contributed by atoms with Crippen LogP contribution in [0, 0.1) is 20.8 Å². The minimum atomic E-state index is -0.830. The van der Waals surface area contributed by atoms with Crippen molar-refractivity contribution in [1.29, 1.82) is 0 Å². The zero-order chi connectivity index (χ0) is 14.7. The van der Waals surface area contributed by atoms with Crippen LogP contribution >= 0.6 is 0 Å². The third-order valence-electron chi connectivity index (χ3n) is 3.37. The molecular formula is C17H18O3. The van der Waals surface area contributed by atoms with Gasteiger partial charge in [0.25, 0.3) is 0 Å². The smallest absolute Gasteiger partial charge is 0.307 e.